The maximum atomic E-state index is 12.0. The number of carbonyl (C=O) groups is 1. The Hall–Kier alpha value is -1.78. The second-order valence-corrected chi connectivity index (χ2v) is 5.51. The van der Waals surface area contributed by atoms with Crippen LogP contribution in [-0.2, 0) is 0 Å². The van der Waals surface area contributed by atoms with Crippen LogP contribution >= 0.6 is 11.3 Å². The van der Waals surface area contributed by atoms with Crippen molar-refractivity contribution in [3.63, 3.8) is 0 Å². The number of amides is 1. The van der Waals surface area contributed by atoms with Crippen molar-refractivity contribution in [3.8, 4) is 6.07 Å². The van der Waals surface area contributed by atoms with E-state index in [1.807, 2.05) is 0 Å². The molecule has 0 spiro atoms. The molecule has 1 aliphatic rings. The highest BCUT2D eigenvalue weighted by molar-refractivity contribution is 7.17. The number of piperazine rings is 1. The summed E-state index contributed by atoms with van der Waals surface area (Å²) in [6.45, 7) is 3.55. The van der Waals surface area contributed by atoms with E-state index in [0.29, 0.717) is 16.1 Å². The lowest BCUT2D eigenvalue weighted by Gasteiger charge is -2.33. The van der Waals surface area contributed by atoms with Crippen molar-refractivity contribution >= 4 is 27.9 Å². The van der Waals surface area contributed by atoms with Crippen LogP contribution in [0.5, 0.6) is 0 Å². The van der Waals surface area contributed by atoms with Crippen LogP contribution in [0.2, 0.25) is 0 Å². The zero-order chi connectivity index (χ0) is 14.0. The van der Waals surface area contributed by atoms with Gasteiger partial charge >= 0.3 is 0 Å². The summed E-state index contributed by atoms with van der Waals surface area (Å²) in [5, 5.41) is 12.5. The average Bonchev–Trinajstić information content (AvgIpc) is 2.75. The molecule has 2 heterocycles. The third-order valence-electron chi connectivity index (χ3n) is 3.27. The quantitative estimate of drug-likeness (QED) is 0.814. The molecule has 102 valence electrons. The Kier molecular flexibility index (Phi) is 3.93. The molecule has 1 fully saturated rings. The first-order chi connectivity index (χ1) is 9.08. The molecule has 0 bridgehead atoms. The number of nitrogens with zero attached hydrogens (tertiary/aromatic N) is 3. The number of nitriles is 1. The molecule has 0 unspecified atom stereocenters. The highest BCUT2D eigenvalue weighted by atomic mass is 32.1. The molecule has 0 aromatic carbocycles. The van der Waals surface area contributed by atoms with E-state index < -0.39 is 0 Å². The summed E-state index contributed by atoms with van der Waals surface area (Å²) >= 11 is 1.30. The van der Waals surface area contributed by atoms with Crippen molar-refractivity contribution in [1.82, 2.24) is 10.2 Å². The van der Waals surface area contributed by atoms with E-state index in [0.717, 1.165) is 31.2 Å². The van der Waals surface area contributed by atoms with Crippen molar-refractivity contribution in [1.29, 1.82) is 5.26 Å². The van der Waals surface area contributed by atoms with E-state index in [1.165, 1.54) is 11.3 Å². The van der Waals surface area contributed by atoms with Crippen LogP contribution in [0.1, 0.15) is 15.2 Å². The van der Waals surface area contributed by atoms with E-state index in [-0.39, 0.29) is 5.91 Å². The SMILES string of the molecule is CNC(=O)c1c(N2CCN(C)CC2)sc(C#N)c1N. The number of rotatable bonds is 2. The van der Waals surface area contributed by atoms with Gasteiger partial charge < -0.3 is 20.9 Å². The van der Waals surface area contributed by atoms with E-state index >= 15 is 0 Å². The molecule has 0 atom stereocenters. The molecule has 6 nitrogen and oxygen atoms in total. The van der Waals surface area contributed by atoms with Crippen LogP contribution in [0.4, 0.5) is 10.7 Å². The first-order valence-electron chi connectivity index (χ1n) is 6.06. The van der Waals surface area contributed by atoms with E-state index in [1.54, 1.807) is 7.05 Å². The van der Waals surface area contributed by atoms with Crippen molar-refractivity contribution in [3.05, 3.63) is 10.4 Å². The lowest BCUT2D eigenvalue weighted by molar-refractivity contribution is 0.0964. The minimum absolute atomic E-state index is 0.232. The smallest absolute Gasteiger partial charge is 0.256 e. The Bertz CT molecular complexity index is 525. The van der Waals surface area contributed by atoms with Crippen molar-refractivity contribution in [2.75, 3.05) is 50.9 Å². The fourth-order valence-corrected chi connectivity index (χ4v) is 3.16. The van der Waals surface area contributed by atoms with Gasteiger partial charge in [0.25, 0.3) is 5.91 Å². The summed E-state index contributed by atoms with van der Waals surface area (Å²) in [7, 11) is 3.64. The number of nitrogens with two attached hydrogens (primary N) is 1. The van der Waals surface area contributed by atoms with Gasteiger partial charge in [0.1, 0.15) is 15.9 Å². The molecule has 0 aliphatic carbocycles. The molecule has 0 radical (unpaired) electrons. The monoisotopic (exact) mass is 279 g/mol. The Morgan fingerprint density at radius 2 is 2.05 bits per heavy atom. The van der Waals surface area contributed by atoms with Crippen molar-refractivity contribution in [2.24, 2.45) is 0 Å². The molecule has 1 amide bonds. The third kappa shape index (κ3) is 2.50. The molecule has 1 saturated heterocycles. The standard InChI is InChI=1S/C12H17N5OS/c1-15-11(18)9-10(14)8(7-13)19-12(9)17-5-3-16(2)4-6-17/h3-6,14H2,1-2H3,(H,15,18). The summed E-state index contributed by atoms with van der Waals surface area (Å²) in [5.41, 5.74) is 6.65. The van der Waals surface area contributed by atoms with Crippen molar-refractivity contribution < 1.29 is 4.79 Å². The number of thiophene rings is 1. The van der Waals surface area contributed by atoms with Crippen LogP contribution in [0.15, 0.2) is 0 Å². The molecular weight excluding hydrogens is 262 g/mol. The topological polar surface area (TPSA) is 85.4 Å². The molecule has 0 saturated carbocycles. The predicted octanol–water partition coefficient (Wildman–Crippen LogP) is 0.313. The number of hydrogen-bond acceptors (Lipinski definition) is 6. The molecule has 2 rings (SSSR count). The van der Waals surface area contributed by atoms with Gasteiger partial charge in [-0.1, -0.05) is 0 Å². The zero-order valence-corrected chi connectivity index (χ0v) is 11.9. The van der Waals surface area contributed by atoms with Crippen LogP contribution in [0.25, 0.3) is 0 Å². The van der Waals surface area contributed by atoms with Gasteiger partial charge in [-0.15, -0.1) is 11.3 Å². The molecule has 1 aliphatic heterocycles. The summed E-state index contributed by atoms with van der Waals surface area (Å²) < 4.78 is 0. The van der Waals surface area contributed by atoms with Crippen LogP contribution in [0.3, 0.4) is 0 Å². The van der Waals surface area contributed by atoms with Gasteiger partial charge in [0.15, 0.2) is 0 Å². The van der Waals surface area contributed by atoms with Gasteiger partial charge in [-0.25, -0.2) is 0 Å². The summed E-state index contributed by atoms with van der Waals surface area (Å²) in [4.78, 5) is 16.7. The average molecular weight is 279 g/mol. The minimum atomic E-state index is -0.232. The molecule has 19 heavy (non-hydrogen) atoms. The number of nitrogens with one attached hydrogen (secondary N) is 1. The molecule has 3 N–H and O–H groups in total. The zero-order valence-electron chi connectivity index (χ0n) is 11.1. The second-order valence-electron chi connectivity index (χ2n) is 4.51. The minimum Gasteiger partial charge on any atom is -0.396 e. The number of nitrogen functional groups attached to an aromatic ring is 1. The maximum Gasteiger partial charge on any atom is 0.256 e. The fourth-order valence-electron chi connectivity index (χ4n) is 2.09. The van der Waals surface area contributed by atoms with Crippen LogP contribution in [-0.4, -0.2) is 51.1 Å². The number of hydrogen-bond donors (Lipinski definition) is 2. The predicted molar refractivity (Wildman–Crippen MR) is 76.5 cm³/mol. The number of carbonyl (C=O) groups excluding carboxylic acids is 1. The van der Waals surface area contributed by atoms with Crippen LogP contribution < -0.4 is 16.0 Å². The summed E-state index contributed by atoms with van der Waals surface area (Å²) in [5.74, 6) is -0.232. The Morgan fingerprint density at radius 3 is 2.58 bits per heavy atom. The third-order valence-corrected chi connectivity index (χ3v) is 4.44. The van der Waals surface area contributed by atoms with Crippen LogP contribution in [0, 0.1) is 11.3 Å². The first kappa shape index (κ1) is 13.6. The van der Waals surface area contributed by atoms with Gasteiger partial charge in [0, 0.05) is 33.2 Å². The van der Waals surface area contributed by atoms with Gasteiger partial charge in [-0.3, -0.25) is 4.79 Å². The van der Waals surface area contributed by atoms with Gasteiger partial charge in [-0.05, 0) is 7.05 Å². The first-order valence-corrected chi connectivity index (χ1v) is 6.88. The lowest BCUT2D eigenvalue weighted by atomic mass is 10.2. The highest BCUT2D eigenvalue weighted by Crippen LogP contribution is 2.38. The Balaban J connectivity index is 2.39. The Morgan fingerprint density at radius 1 is 1.42 bits per heavy atom. The summed E-state index contributed by atoms with van der Waals surface area (Å²) in [6.07, 6.45) is 0. The van der Waals surface area contributed by atoms with Gasteiger partial charge in [0.2, 0.25) is 0 Å². The molecular formula is C12H17N5OS. The van der Waals surface area contributed by atoms with E-state index in [9.17, 15) is 4.79 Å². The number of likely N-dealkylation sites (N-methyl/N-ethyl adjacent to an activating group) is 1. The number of anilines is 2. The second kappa shape index (κ2) is 5.47. The van der Waals surface area contributed by atoms with Gasteiger partial charge in [-0.2, -0.15) is 5.26 Å². The maximum absolute atomic E-state index is 12.0. The van der Waals surface area contributed by atoms with Crippen molar-refractivity contribution in [2.45, 2.75) is 0 Å². The Labute approximate surface area is 116 Å². The summed E-state index contributed by atoms with van der Waals surface area (Å²) in [6, 6.07) is 2.06. The normalized spacial score (nSPS) is 16.2. The van der Waals surface area contributed by atoms with Gasteiger partial charge in [0.05, 0.1) is 11.3 Å². The largest absolute Gasteiger partial charge is 0.396 e. The molecule has 1 aromatic heterocycles. The fraction of sp³-hybridized carbons (Fsp3) is 0.500. The van der Waals surface area contributed by atoms with E-state index in [2.05, 4.69) is 28.2 Å². The van der Waals surface area contributed by atoms with E-state index in [4.69, 9.17) is 11.0 Å². The highest BCUT2D eigenvalue weighted by Gasteiger charge is 2.26. The molecule has 1 aromatic rings. The molecule has 7 heteroatoms. The lowest BCUT2D eigenvalue weighted by Crippen LogP contribution is -2.44.